The van der Waals surface area contributed by atoms with E-state index in [4.69, 9.17) is 0 Å². The van der Waals surface area contributed by atoms with Gasteiger partial charge in [-0.05, 0) is 53.7 Å². The molecule has 0 heterocycles. The van der Waals surface area contributed by atoms with E-state index in [0.29, 0.717) is 4.47 Å². The second-order valence-corrected chi connectivity index (χ2v) is 7.48. The topological polar surface area (TPSA) is 66.4 Å². The number of halogens is 1. The molecule has 0 bridgehead atoms. The molecule has 1 aromatic carbocycles. The maximum absolute atomic E-state index is 12.1. The summed E-state index contributed by atoms with van der Waals surface area (Å²) in [6.07, 6.45) is 1.92. The van der Waals surface area contributed by atoms with Gasteiger partial charge in [-0.25, -0.2) is 13.1 Å². The van der Waals surface area contributed by atoms with Crippen LogP contribution in [0.1, 0.15) is 19.8 Å². The molecular formula is C12H16BrNO3S. The minimum absolute atomic E-state index is 0.0430. The van der Waals surface area contributed by atoms with Gasteiger partial charge in [0.2, 0.25) is 10.0 Å². The van der Waals surface area contributed by atoms with Crippen molar-refractivity contribution in [1.29, 1.82) is 0 Å². The lowest BCUT2D eigenvalue weighted by Crippen LogP contribution is -2.42. The van der Waals surface area contributed by atoms with Crippen LogP contribution in [0.5, 0.6) is 0 Å². The molecule has 0 spiro atoms. The molecule has 4 nitrogen and oxygen atoms in total. The molecule has 100 valence electrons. The highest BCUT2D eigenvalue weighted by atomic mass is 79.9. The Kier molecular flexibility index (Phi) is 3.82. The van der Waals surface area contributed by atoms with Crippen LogP contribution < -0.4 is 4.72 Å². The summed E-state index contributed by atoms with van der Waals surface area (Å²) in [7, 11) is -3.59. The number of hydrogen-bond acceptors (Lipinski definition) is 3. The van der Waals surface area contributed by atoms with E-state index < -0.39 is 15.6 Å². The van der Waals surface area contributed by atoms with E-state index in [9.17, 15) is 13.5 Å². The Morgan fingerprint density at radius 1 is 1.44 bits per heavy atom. The van der Waals surface area contributed by atoms with Crippen LogP contribution >= 0.6 is 15.9 Å². The van der Waals surface area contributed by atoms with Crippen LogP contribution in [-0.2, 0) is 10.0 Å². The zero-order valence-electron chi connectivity index (χ0n) is 10.1. The summed E-state index contributed by atoms with van der Waals surface area (Å²) < 4.78 is 27.2. The number of rotatable bonds is 5. The average Bonchev–Trinajstić information content (AvgIpc) is 3.11. The van der Waals surface area contributed by atoms with E-state index >= 15 is 0 Å². The van der Waals surface area contributed by atoms with Crippen LogP contribution in [0, 0.1) is 5.92 Å². The maximum atomic E-state index is 12.1. The summed E-state index contributed by atoms with van der Waals surface area (Å²) in [5.74, 6) is 0.208. The quantitative estimate of drug-likeness (QED) is 0.864. The number of benzene rings is 1. The third-order valence-electron chi connectivity index (χ3n) is 3.20. The van der Waals surface area contributed by atoms with Crippen molar-refractivity contribution < 1.29 is 13.5 Å². The van der Waals surface area contributed by atoms with Gasteiger partial charge >= 0.3 is 0 Å². The van der Waals surface area contributed by atoms with Crippen molar-refractivity contribution >= 4 is 26.0 Å². The third kappa shape index (κ3) is 3.12. The summed E-state index contributed by atoms with van der Waals surface area (Å²) in [5.41, 5.74) is -0.964. The number of hydrogen-bond donors (Lipinski definition) is 2. The Labute approximate surface area is 116 Å². The molecule has 2 N–H and O–H groups in total. The fourth-order valence-electron chi connectivity index (χ4n) is 1.83. The van der Waals surface area contributed by atoms with Gasteiger partial charge in [0, 0.05) is 11.0 Å². The first-order chi connectivity index (χ1) is 8.33. The van der Waals surface area contributed by atoms with Crippen LogP contribution in [0.25, 0.3) is 0 Å². The SMILES string of the molecule is CC(O)(CNS(=O)(=O)c1ccccc1Br)C1CC1. The summed E-state index contributed by atoms with van der Waals surface area (Å²) in [6.45, 7) is 1.72. The number of aliphatic hydroxyl groups is 1. The fourth-order valence-corrected chi connectivity index (χ4v) is 3.98. The summed E-state index contributed by atoms with van der Waals surface area (Å²) >= 11 is 3.21. The van der Waals surface area contributed by atoms with E-state index in [1.807, 2.05) is 0 Å². The number of nitrogens with one attached hydrogen (secondary N) is 1. The standard InChI is InChI=1S/C12H16BrNO3S/c1-12(15,9-6-7-9)8-14-18(16,17)11-5-3-2-4-10(11)13/h2-5,9,14-15H,6-8H2,1H3. The van der Waals surface area contributed by atoms with E-state index in [1.165, 1.54) is 6.07 Å². The van der Waals surface area contributed by atoms with Gasteiger partial charge in [-0.2, -0.15) is 0 Å². The van der Waals surface area contributed by atoms with Gasteiger partial charge in [-0.3, -0.25) is 0 Å². The molecule has 1 unspecified atom stereocenters. The molecule has 1 aliphatic rings. The lowest BCUT2D eigenvalue weighted by molar-refractivity contribution is 0.0422. The molecule has 1 atom stereocenters. The average molecular weight is 334 g/mol. The first-order valence-corrected chi connectivity index (χ1v) is 8.07. The van der Waals surface area contributed by atoms with E-state index in [2.05, 4.69) is 20.7 Å². The molecule has 0 saturated heterocycles. The maximum Gasteiger partial charge on any atom is 0.241 e. The van der Waals surface area contributed by atoms with Gasteiger partial charge in [0.15, 0.2) is 0 Å². The largest absolute Gasteiger partial charge is 0.389 e. The van der Waals surface area contributed by atoms with Crippen molar-refractivity contribution in [2.45, 2.75) is 30.3 Å². The lowest BCUT2D eigenvalue weighted by atomic mass is 10.0. The van der Waals surface area contributed by atoms with Crippen LogP contribution in [0.15, 0.2) is 33.6 Å². The minimum atomic E-state index is -3.59. The molecule has 1 aromatic rings. The van der Waals surface area contributed by atoms with Gasteiger partial charge in [-0.1, -0.05) is 12.1 Å². The van der Waals surface area contributed by atoms with Crippen molar-refractivity contribution in [3.63, 3.8) is 0 Å². The Balaban J connectivity index is 2.11. The molecule has 1 saturated carbocycles. The Morgan fingerprint density at radius 2 is 2.06 bits per heavy atom. The van der Waals surface area contributed by atoms with Gasteiger partial charge in [0.05, 0.1) is 10.5 Å². The molecule has 0 aromatic heterocycles. The summed E-state index contributed by atoms with van der Waals surface area (Å²) in [6, 6.07) is 6.62. The zero-order chi connectivity index (χ0) is 13.4. The Hall–Kier alpha value is -0.430. The summed E-state index contributed by atoms with van der Waals surface area (Å²) in [4.78, 5) is 0.191. The van der Waals surface area contributed by atoms with Crippen molar-refractivity contribution in [2.24, 2.45) is 5.92 Å². The van der Waals surface area contributed by atoms with Gasteiger partial charge in [0.1, 0.15) is 0 Å². The minimum Gasteiger partial charge on any atom is -0.389 e. The molecule has 0 radical (unpaired) electrons. The van der Waals surface area contributed by atoms with Crippen molar-refractivity contribution in [3.8, 4) is 0 Å². The van der Waals surface area contributed by atoms with Crippen molar-refractivity contribution in [2.75, 3.05) is 6.54 Å². The van der Waals surface area contributed by atoms with E-state index in [1.54, 1.807) is 25.1 Å². The van der Waals surface area contributed by atoms with E-state index in [0.717, 1.165) is 12.8 Å². The fraction of sp³-hybridized carbons (Fsp3) is 0.500. The molecule has 0 amide bonds. The van der Waals surface area contributed by atoms with Crippen molar-refractivity contribution in [1.82, 2.24) is 4.72 Å². The first-order valence-electron chi connectivity index (χ1n) is 5.79. The first kappa shape index (κ1) is 14.0. The predicted octanol–water partition coefficient (Wildman–Crippen LogP) is 1.89. The van der Waals surface area contributed by atoms with Gasteiger partial charge in [-0.15, -0.1) is 0 Å². The third-order valence-corrected chi connectivity index (χ3v) is 5.62. The summed E-state index contributed by atoms with van der Waals surface area (Å²) in [5, 5.41) is 10.1. The normalized spacial score (nSPS) is 19.5. The highest BCUT2D eigenvalue weighted by molar-refractivity contribution is 9.10. The molecule has 1 aliphatic carbocycles. The molecule has 18 heavy (non-hydrogen) atoms. The highest BCUT2D eigenvalue weighted by Gasteiger charge is 2.40. The lowest BCUT2D eigenvalue weighted by Gasteiger charge is -2.23. The smallest absolute Gasteiger partial charge is 0.241 e. The predicted molar refractivity (Wildman–Crippen MR) is 72.7 cm³/mol. The molecule has 6 heteroatoms. The number of sulfonamides is 1. The van der Waals surface area contributed by atoms with E-state index in [-0.39, 0.29) is 17.4 Å². The second-order valence-electron chi connectivity index (χ2n) is 4.89. The van der Waals surface area contributed by atoms with Crippen molar-refractivity contribution in [3.05, 3.63) is 28.7 Å². The van der Waals surface area contributed by atoms with Gasteiger partial charge in [0.25, 0.3) is 0 Å². The monoisotopic (exact) mass is 333 g/mol. The van der Waals surface area contributed by atoms with Gasteiger partial charge < -0.3 is 5.11 Å². The highest BCUT2D eigenvalue weighted by Crippen LogP contribution is 2.39. The Morgan fingerprint density at radius 3 is 2.61 bits per heavy atom. The zero-order valence-corrected chi connectivity index (χ0v) is 12.5. The van der Waals surface area contributed by atoms with Crippen LogP contribution in [0.3, 0.4) is 0 Å². The second kappa shape index (κ2) is 4.92. The molecular weight excluding hydrogens is 318 g/mol. The molecule has 1 fully saturated rings. The molecule has 0 aliphatic heterocycles. The Bertz CT molecular complexity index is 538. The van der Waals surface area contributed by atoms with Crippen LogP contribution in [0.2, 0.25) is 0 Å². The van der Waals surface area contributed by atoms with Crippen LogP contribution in [0.4, 0.5) is 0 Å². The molecule has 2 rings (SSSR count). The van der Waals surface area contributed by atoms with Crippen LogP contribution in [-0.4, -0.2) is 25.7 Å².